The minimum absolute atomic E-state index is 0.0274. The lowest BCUT2D eigenvalue weighted by Crippen LogP contribution is -2.26. The quantitative estimate of drug-likeness (QED) is 0.737. The lowest BCUT2D eigenvalue weighted by atomic mass is 10.1. The highest BCUT2D eigenvalue weighted by molar-refractivity contribution is 5.99. The molecule has 1 amide bonds. The molecule has 0 atom stereocenters. The maximum absolute atomic E-state index is 12.2. The largest absolute Gasteiger partial charge is 0.382 e. The summed E-state index contributed by atoms with van der Waals surface area (Å²) in [6.45, 7) is 4.93. The molecule has 3 nitrogen and oxygen atoms in total. The number of rotatable bonds is 7. The Hall–Kier alpha value is -1.51. The molecular weight excluding hydrogens is 236 g/mol. The molecule has 0 saturated heterocycles. The molecule has 0 aliphatic heterocycles. The van der Waals surface area contributed by atoms with Gasteiger partial charge in [-0.05, 0) is 44.7 Å². The van der Waals surface area contributed by atoms with E-state index in [0.29, 0.717) is 6.04 Å². The van der Waals surface area contributed by atoms with Crippen molar-refractivity contribution in [1.82, 2.24) is 5.32 Å². The fourth-order valence-electron chi connectivity index (χ4n) is 2.21. The van der Waals surface area contributed by atoms with Gasteiger partial charge in [-0.1, -0.05) is 25.0 Å². The molecule has 0 heterocycles. The standard InChI is InChI=1S/C16H24N2O/c1-12(2)18-15-8-4-3-7-14(15)16(19)17-11-5-6-13-9-10-13/h3-4,7-8,12-13,18H,5-6,9-11H2,1-2H3,(H,17,19). The smallest absolute Gasteiger partial charge is 0.253 e. The summed E-state index contributed by atoms with van der Waals surface area (Å²) in [5, 5.41) is 6.33. The fraction of sp³-hybridized carbons (Fsp3) is 0.562. The summed E-state index contributed by atoms with van der Waals surface area (Å²) in [6.07, 6.45) is 5.12. The lowest BCUT2D eigenvalue weighted by Gasteiger charge is -2.14. The lowest BCUT2D eigenvalue weighted by molar-refractivity contribution is 0.0953. The SMILES string of the molecule is CC(C)Nc1ccccc1C(=O)NCCCC1CC1. The summed E-state index contributed by atoms with van der Waals surface area (Å²) in [4.78, 5) is 12.2. The van der Waals surface area contributed by atoms with Crippen LogP contribution >= 0.6 is 0 Å². The first-order valence-corrected chi connectivity index (χ1v) is 7.30. The molecule has 19 heavy (non-hydrogen) atoms. The molecule has 1 fully saturated rings. The molecule has 0 bridgehead atoms. The number of carbonyl (C=O) groups excluding carboxylic acids is 1. The van der Waals surface area contributed by atoms with Gasteiger partial charge in [0.25, 0.3) is 5.91 Å². The van der Waals surface area contributed by atoms with E-state index in [4.69, 9.17) is 0 Å². The van der Waals surface area contributed by atoms with Crippen LogP contribution in [-0.4, -0.2) is 18.5 Å². The molecule has 2 rings (SSSR count). The van der Waals surface area contributed by atoms with Gasteiger partial charge >= 0.3 is 0 Å². The highest BCUT2D eigenvalue weighted by Crippen LogP contribution is 2.33. The molecule has 0 spiro atoms. The monoisotopic (exact) mass is 260 g/mol. The normalized spacial score (nSPS) is 14.5. The van der Waals surface area contributed by atoms with Gasteiger partial charge in [-0.15, -0.1) is 0 Å². The number of para-hydroxylation sites is 1. The molecule has 0 aromatic heterocycles. The summed E-state index contributed by atoms with van der Waals surface area (Å²) in [5.41, 5.74) is 1.65. The molecule has 1 aromatic carbocycles. The Balaban J connectivity index is 1.85. The van der Waals surface area contributed by atoms with Crippen LogP contribution in [0.1, 0.15) is 49.9 Å². The summed E-state index contributed by atoms with van der Waals surface area (Å²) in [6, 6.07) is 8.02. The van der Waals surface area contributed by atoms with Crippen LogP contribution in [0.15, 0.2) is 24.3 Å². The second-order valence-corrected chi connectivity index (χ2v) is 5.69. The first kappa shape index (κ1) is 13.9. The van der Waals surface area contributed by atoms with E-state index in [-0.39, 0.29) is 5.91 Å². The van der Waals surface area contributed by atoms with Crippen molar-refractivity contribution in [3.05, 3.63) is 29.8 Å². The van der Waals surface area contributed by atoms with E-state index in [1.54, 1.807) is 0 Å². The van der Waals surface area contributed by atoms with Crippen molar-refractivity contribution >= 4 is 11.6 Å². The third-order valence-electron chi connectivity index (χ3n) is 3.39. The van der Waals surface area contributed by atoms with Crippen LogP contribution in [0.25, 0.3) is 0 Å². The van der Waals surface area contributed by atoms with Crippen LogP contribution in [0.3, 0.4) is 0 Å². The van der Waals surface area contributed by atoms with E-state index in [0.717, 1.165) is 30.1 Å². The van der Waals surface area contributed by atoms with Gasteiger partial charge in [-0.25, -0.2) is 0 Å². The third kappa shape index (κ3) is 4.58. The number of amides is 1. The van der Waals surface area contributed by atoms with E-state index in [1.807, 2.05) is 24.3 Å². The topological polar surface area (TPSA) is 41.1 Å². The van der Waals surface area contributed by atoms with Crippen molar-refractivity contribution in [2.24, 2.45) is 5.92 Å². The predicted octanol–water partition coefficient (Wildman–Crippen LogP) is 3.43. The molecular formula is C16H24N2O. The number of benzene rings is 1. The van der Waals surface area contributed by atoms with Gasteiger partial charge in [0.15, 0.2) is 0 Å². The van der Waals surface area contributed by atoms with Crippen molar-refractivity contribution in [2.75, 3.05) is 11.9 Å². The Morgan fingerprint density at radius 3 is 2.74 bits per heavy atom. The van der Waals surface area contributed by atoms with Crippen molar-refractivity contribution in [3.63, 3.8) is 0 Å². The van der Waals surface area contributed by atoms with Gasteiger partial charge in [0, 0.05) is 18.3 Å². The second-order valence-electron chi connectivity index (χ2n) is 5.69. The Labute approximate surface area is 115 Å². The van der Waals surface area contributed by atoms with E-state index < -0.39 is 0 Å². The maximum Gasteiger partial charge on any atom is 0.253 e. The maximum atomic E-state index is 12.2. The summed E-state index contributed by atoms with van der Waals surface area (Å²) >= 11 is 0. The van der Waals surface area contributed by atoms with Crippen LogP contribution in [-0.2, 0) is 0 Å². The second kappa shape index (κ2) is 6.60. The van der Waals surface area contributed by atoms with Crippen molar-refractivity contribution in [1.29, 1.82) is 0 Å². The Morgan fingerprint density at radius 1 is 1.32 bits per heavy atom. The molecule has 2 N–H and O–H groups in total. The summed E-state index contributed by atoms with van der Waals surface area (Å²) in [7, 11) is 0. The molecule has 0 radical (unpaired) electrons. The van der Waals surface area contributed by atoms with Gasteiger partial charge in [-0.3, -0.25) is 4.79 Å². The molecule has 1 aliphatic rings. The Bertz CT molecular complexity index is 425. The zero-order valence-electron chi connectivity index (χ0n) is 11.9. The highest BCUT2D eigenvalue weighted by Gasteiger charge is 2.20. The summed E-state index contributed by atoms with van der Waals surface area (Å²) in [5.74, 6) is 0.964. The Kier molecular flexibility index (Phi) is 4.83. The Morgan fingerprint density at radius 2 is 2.05 bits per heavy atom. The van der Waals surface area contributed by atoms with Gasteiger partial charge in [-0.2, -0.15) is 0 Å². The van der Waals surface area contributed by atoms with E-state index in [1.165, 1.54) is 19.3 Å². The third-order valence-corrected chi connectivity index (χ3v) is 3.39. The first-order chi connectivity index (χ1) is 9.16. The van der Waals surface area contributed by atoms with Crippen molar-refractivity contribution < 1.29 is 4.79 Å². The van der Waals surface area contributed by atoms with Crippen LogP contribution in [0.4, 0.5) is 5.69 Å². The van der Waals surface area contributed by atoms with E-state index in [2.05, 4.69) is 24.5 Å². The zero-order chi connectivity index (χ0) is 13.7. The van der Waals surface area contributed by atoms with Crippen molar-refractivity contribution in [3.8, 4) is 0 Å². The average Bonchev–Trinajstić information content (AvgIpc) is 3.18. The summed E-state index contributed by atoms with van der Waals surface area (Å²) < 4.78 is 0. The molecule has 104 valence electrons. The van der Waals surface area contributed by atoms with Crippen LogP contribution < -0.4 is 10.6 Å². The first-order valence-electron chi connectivity index (χ1n) is 7.30. The van der Waals surface area contributed by atoms with Crippen LogP contribution in [0.2, 0.25) is 0 Å². The number of carbonyl (C=O) groups is 1. The van der Waals surface area contributed by atoms with Crippen LogP contribution in [0, 0.1) is 5.92 Å². The van der Waals surface area contributed by atoms with Gasteiger partial charge < -0.3 is 10.6 Å². The minimum atomic E-state index is 0.0274. The number of anilines is 1. The van der Waals surface area contributed by atoms with Crippen molar-refractivity contribution in [2.45, 2.75) is 45.6 Å². The van der Waals surface area contributed by atoms with Gasteiger partial charge in [0.05, 0.1) is 5.56 Å². The molecule has 3 heteroatoms. The average molecular weight is 260 g/mol. The predicted molar refractivity (Wildman–Crippen MR) is 79.5 cm³/mol. The van der Waals surface area contributed by atoms with E-state index >= 15 is 0 Å². The number of hydrogen-bond donors (Lipinski definition) is 2. The van der Waals surface area contributed by atoms with Gasteiger partial charge in [0.2, 0.25) is 0 Å². The molecule has 1 aliphatic carbocycles. The van der Waals surface area contributed by atoms with E-state index in [9.17, 15) is 4.79 Å². The highest BCUT2D eigenvalue weighted by atomic mass is 16.1. The van der Waals surface area contributed by atoms with Gasteiger partial charge in [0.1, 0.15) is 0 Å². The molecule has 1 aromatic rings. The number of hydrogen-bond acceptors (Lipinski definition) is 2. The molecule has 1 saturated carbocycles. The minimum Gasteiger partial charge on any atom is -0.382 e. The molecule has 0 unspecified atom stereocenters. The van der Waals surface area contributed by atoms with Crippen LogP contribution in [0.5, 0.6) is 0 Å². The fourth-order valence-corrected chi connectivity index (χ4v) is 2.21. The zero-order valence-corrected chi connectivity index (χ0v) is 11.9. The number of nitrogens with one attached hydrogen (secondary N) is 2.